The first-order valence-electron chi connectivity index (χ1n) is 12.7. The highest BCUT2D eigenvalue weighted by atomic mass is 16.5. The molecular formula is C26H35N5O5. The monoisotopic (exact) mass is 497 g/mol. The van der Waals surface area contributed by atoms with Crippen LogP contribution < -0.4 is 5.32 Å². The molecule has 4 bridgehead atoms. The molecule has 1 aromatic heterocycles. The Morgan fingerprint density at radius 2 is 1.94 bits per heavy atom. The standard InChI is InChI=1S/C26H35N5O5/c1-3-23(33)30-13-11-26(12-14-30)10-5-4-9-22(32)28-21-8-6-7-19(27-21)20-17-31(15-16-36-20)24(34)18-29(2)25(26)35/h4-8,20H,3,9-18H2,1-2H3,(H,27,28,32)/b5-4+. The summed E-state index contributed by atoms with van der Waals surface area (Å²) in [6.45, 7) is 3.94. The van der Waals surface area contributed by atoms with Gasteiger partial charge in [-0.15, -0.1) is 0 Å². The van der Waals surface area contributed by atoms with Gasteiger partial charge in [-0.2, -0.15) is 0 Å². The summed E-state index contributed by atoms with van der Waals surface area (Å²) >= 11 is 0. The lowest BCUT2D eigenvalue weighted by Gasteiger charge is -2.42. The van der Waals surface area contributed by atoms with Crippen LogP contribution in [0.15, 0.2) is 30.4 Å². The average molecular weight is 498 g/mol. The van der Waals surface area contributed by atoms with E-state index in [-0.39, 0.29) is 36.6 Å². The van der Waals surface area contributed by atoms with E-state index >= 15 is 0 Å². The third-order valence-electron chi connectivity index (χ3n) is 7.31. The van der Waals surface area contributed by atoms with E-state index < -0.39 is 11.5 Å². The predicted molar refractivity (Wildman–Crippen MR) is 133 cm³/mol. The number of hydrogen-bond acceptors (Lipinski definition) is 6. The number of allylic oxidation sites excluding steroid dienone is 1. The average Bonchev–Trinajstić information content (AvgIpc) is 2.90. The number of piperidine rings is 1. The number of ether oxygens (including phenoxy) is 1. The molecule has 0 saturated carbocycles. The molecule has 1 atom stereocenters. The van der Waals surface area contributed by atoms with Crippen molar-refractivity contribution in [2.75, 3.05) is 51.7 Å². The van der Waals surface area contributed by atoms with Crippen LogP contribution in [0.2, 0.25) is 0 Å². The minimum absolute atomic E-state index is 0.0257. The molecule has 3 aliphatic heterocycles. The number of rotatable bonds is 1. The Kier molecular flexibility index (Phi) is 8.03. The maximum Gasteiger partial charge on any atom is 0.242 e. The number of morpholine rings is 1. The van der Waals surface area contributed by atoms with Gasteiger partial charge in [-0.1, -0.05) is 25.1 Å². The summed E-state index contributed by atoms with van der Waals surface area (Å²) < 4.78 is 5.87. The van der Waals surface area contributed by atoms with Crippen LogP contribution in [0.4, 0.5) is 5.82 Å². The van der Waals surface area contributed by atoms with Gasteiger partial charge in [0.05, 0.1) is 30.8 Å². The van der Waals surface area contributed by atoms with Crippen LogP contribution in [0, 0.1) is 5.41 Å². The molecule has 4 heterocycles. The molecular weight excluding hydrogens is 462 g/mol. The minimum Gasteiger partial charge on any atom is -0.368 e. The van der Waals surface area contributed by atoms with Gasteiger partial charge >= 0.3 is 0 Å². The fourth-order valence-electron chi connectivity index (χ4n) is 5.14. The van der Waals surface area contributed by atoms with E-state index in [4.69, 9.17) is 4.74 Å². The van der Waals surface area contributed by atoms with Crippen molar-refractivity contribution in [1.29, 1.82) is 0 Å². The zero-order chi connectivity index (χ0) is 25.7. The van der Waals surface area contributed by atoms with E-state index in [1.807, 2.05) is 19.1 Å². The van der Waals surface area contributed by atoms with Gasteiger partial charge in [-0.3, -0.25) is 19.2 Å². The summed E-state index contributed by atoms with van der Waals surface area (Å²) in [5.41, 5.74) is -0.0794. The predicted octanol–water partition coefficient (Wildman–Crippen LogP) is 1.75. The smallest absolute Gasteiger partial charge is 0.242 e. The van der Waals surface area contributed by atoms with Crippen LogP contribution in [0.3, 0.4) is 0 Å². The molecule has 1 unspecified atom stereocenters. The number of pyridine rings is 1. The Hall–Kier alpha value is -3.27. The molecule has 2 fully saturated rings. The number of likely N-dealkylation sites (tertiary alicyclic amines) is 1. The van der Waals surface area contributed by atoms with Gasteiger partial charge < -0.3 is 24.8 Å². The molecule has 2 saturated heterocycles. The number of aromatic nitrogens is 1. The molecule has 1 spiro atoms. The lowest BCUT2D eigenvalue weighted by atomic mass is 9.74. The Bertz CT molecular complexity index is 1030. The van der Waals surface area contributed by atoms with Crippen molar-refractivity contribution in [2.24, 2.45) is 5.41 Å². The van der Waals surface area contributed by atoms with E-state index in [0.29, 0.717) is 70.0 Å². The number of nitrogens with zero attached hydrogens (tertiary/aromatic N) is 4. The number of likely N-dealkylation sites (N-methyl/N-ethyl adjacent to an activating group) is 1. The van der Waals surface area contributed by atoms with Gasteiger partial charge in [0.25, 0.3) is 0 Å². The Balaban J connectivity index is 1.59. The normalized spacial score (nSPS) is 24.3. The number of nitrogens with one attached hydrogen (secondary N) is 1. The number of amides is 4. The summed E-state index contributed by atoms with van der Waals surface area (Å²) in [6, 6.07) is 5.34. The van der Waals surface area contributed by atoms with Crippen LogP contribution in [-0.4, -0.2) is 89.7 Å². The van der Waals surface area contributed by atoms with Crippen LogP contribution >= 0.6 is 0 Å². The second-order valence-electron chi connectivity index (χ2n) is 9.75. The summed E-state index contributed by atoms with van der Waals surface area (Å²) in [6.07, 6.45) is 5.28. The first kappa shape index (κ1) is 25.8. The summed E-state index contributed by atoms with van der Waals surface area (Å²) in [5.74, 6) is 0.0637. The second kappa shape index (κ2) is 11.2. The molecule has 1 N–H and O–H groups in total. The third-order valence-corrected chi connectivity index (χ3v) is 7.31. The maximum atomic E-state index is 13.7. The van der Waals surface area contributed by atoms with Crippen molar-refractivity contribution in [1.82, 2.24) is 19.7 Å². The second-order valence-corrected chi connectivity index (χ2v) is 9.75. The molecule has 1 aromatic rings. The van der Waals surface area contributed by atoms with Crippen molar-refractivity contribution < 1.29 is 23.9 Å². The van der Waals surface area contributed by atoms with Crippen molar-refractivity contribution in [3.8, 4) is 0 Å². The van der Waals surface area contributed by atoms with Gasteiger partial charge in [0.15, 0.2) is 0 Å². The molecule has 194 valence electrons. The SMILES string of the molecule is CCC(=O)N1CCC2(C/C=C/CC(=O)Nc3cccc(n3)C3CN(CCO3)C(=O)CN(C)C2=O)CC1. The first-order chi connectivity index (χ1) is 17.3. The number of fused-ring (bicyclic) bond motifs is 5. The largest absolute Gasteiger partial charge is 0.368 e. The lowest BCUT2D eigenvalue weighted by Crippen LogP contribution is -2.53. The summed E-state index contributed by atoms with van der Waals surface area (Å²) in [7, 11) is 1.67. The summed E-state index contributed by atoms with van der Waals surface area (Å²) in [5, 5.41) is 2.81. The maximum absolute atomic E-state index is 13.7. The molecule has 10 nitrogen and oxygen atoms in total. The van der Waals surface area contributed by atoms with Crippen LogP contribution in [0.25, 0.3) is 0 Å². The molecule has 0 aromatic carbocycles. The number of anilines is 1. The van der Waals surface area contributed by atoms with E-state index in [0.717, 1.165) is 0 Å². The van der Waals surface area contributed by atoms with Gasteiger partial charge in [0.1, 0.15) is 11.9 Å². The lowest BCUT2D eigenvalue weighted by molar-refractivity contribution is -0.152. The van der Waals surface area contributed by atoms with Crippen molar-refractivity contribution in [2.45, 2.75) is 45.1 Å². The van der Waals surface area contributed by atoms with Crippen molar-refractivity contribution >= 4 is 29.4 Å². The fourth-order valence-corrected chi connectivity index (χ4v) is 5.14. The Labute approximate surface area is 211 Å². The van der Waals surface area contributed by atoms with E-state index in [2.05, 4.69) is 10.3 Å². The Morgan fingerprint density at radius 3 is 2.69 bits per heavy atom. The highest BCUT2D eigenvalue weighted by Crippen LogP contribution is 2.38. The zero-order valence-corrected chi connectivity index (χ0v) is 21.1. The van der Waals surface area contributed by atoms with Crippen LogP contribution in [0.5, 0.6) is 0 Å². The fraction of sp³-hybridized carbons (Fsp3) is 0.577. The van der Waals surface area contributed by atoms with E-state index in [9.17, 15) is 19.2 Å². The zero-order valence-electron chi connectivity index (χ0n) is 21.1. The van der Waals surface area contributed by atoms with Crippen LogP contribution in [0.1, 0.15) is 50.8 Å². The van der Waals surface area contributed by atoms with Gasteiger partial charge in [-0.05, 0) is 31.4 Å². The molecule has 3 aliphatic rings. The first-order valence-corrected chi connectivity index (χ1v) is 12.7. The number of carbonyl (C=O) groups is 4. The molecule has 4 amide bonds. The highest BCUT2D eigenvalue weighted by Gasteiger charge is 2.43. The molecule has 4 rings (SSSR count). The summed E-state index contributed by atoms with van der Waals surface area (Å²) in [4.78, 5) is 61.2. The quantitative estimate of drug-likeness (QED) is 0.592. The molecule has 10 heteroatoms. The van der Waals surface area contributed by atoms with E-state index in [1.54, 1.807) is 35.1 Å². The molecule has 0 radical (unpaired) electrons. The van der Waals surface area contributed by atoms with E-state index in [1.165, 1.54) is 4.90 Å². The third kappa shape index (κ3) is 5.75. The van der Waals surface area contributed by atoms with Gasteiger partial charge in [-0.25, -0.2) is 4.98 Å². The number of hydrogen-bond donors (Lipinski definition) is 1. The molecule has 0 aliphatic carbocycles. The van der Waals surface area contributed by atoms with Crippen LogP contribution in [-0.2, 0) is 23.9 Å². The van der Waals surface area contributed by atoms with Crippen molar-refractivity contribution in [3.63, 3.8) is 0 Å². The Morgan fingerprint density at radius 1 is 1.17 bits per heavy atom. The highest BCUT2D eigenvalue weighted by molar-refractivity contribution is 5.91. The van der Waals surface area contributed by atoms with Gasteiger partial charge in [0, 0.05) is 39.5 Å². The van der Waals surface area contributed by atoms with Crippen molar-refractivity contribution in [3.05, 3.63) is 36.0 Å². The van der Waals surface area contributed by atoms with Gasteiger partial charge in [0.2, 0.25) is 23.6 Å². The number of carbonyl (C=O) groups excluding carboxylic acids is 4. The topological polar surface area (TPSA) is 112 Å². The minimum atomic E-state index is -0.720. The molecule has 36 heavy (non-hydrogen) atoms.